The van der Waals surface area contributed by atoms with Crippen LogP contribution < -0.4 is 10.6 Å². The smallest absolute Gasteiger partial charge is 0.325 e. The lowest BCUT2D eigenvalue weighted by Gasteiger charge is -2.25. The molecule has 0 radical (unpaired) electrons. The maximum absolute atomic E-state index is 13.0. The number of sulfonamides is 1. The number of esters is 1. The van der Waals surface area contributed by atoms with E-state index in [9.17, 15) is 22.8 Å². The van der Waals surface area contributed by atoms with Crippen molar-refractivity contribution in [1.29, 1.82) is 0 Å². The summed E-state index contributed by atoms with van der Waals surface area (Å²) in [6.45, 7) is 0.538. The van der Waals surface area contributed by atoms with Crippen LogP contribution >= 0.6 is 23.1 Å². The molecule has 1 aromatic carbocycles. The molecule has 2 aromatic rings. The molecule has 2 heterocycles. The third-order valence-corrected chi connectivity index (χ3v) is 8.35. The van der Waals surface area contributed by atoms with Gasteiger partial charge >= 0.3 is 5.97 Å². The van der Waals surface area contributed by atoms with Crippen LogP contribution in [0.2, 0.25) is 0 Å². The number of thioether (sulfide) groups is 1. The summed E-state index contributed by atoms with van der Waals surface area (Å²) in [7, 11) is -2.55. The monoisotopic (exact) mass is 483 g/mol. The number of anilines is 1. The number of rotatable bonds is 7. The van der Waals surface area contributed by atoms with Crippen molar-refractivity contribution >= 4 is 56.6 Å². The Bertz CT molecular complexity index is 1080. The summed E-state index contributed by atoms with van der Waals surface area (Å²) in [5.41, 5.74) is 0.549. The molecule has 1 aliphatic heterocycles. The molecule has 1 aromatic heterocycles. The second-order valence-electron chi connectivity index (χ2n) is 6.42. The lowest BCUT2D eigenvalue weighted by molar-refractivity contribution is -0.139. The van der Waals surface area contributed by atoms with E-state index in [0.29, 0.717) is 18.8 Å². The number of ether oxygens (including phenoxy) is 1. The quantitative estimate of drug-likeness (QED) is 0.574. The highest BCUT2D eigenvalue weighted by atomic mass is 32.2. The van der Waals surface area contributed by atoms with E-state index < -0.39 is 27.8 Å². The standard InChI is InChI=1S/C19H21N3O6S3/c1-28-16(23)12-20-18(24)13-3-2-4-14(11-13)21-19(25)17-15(5-8-30-17)31(26,27)22-6-9-29-10-7-22/h2-5,8,11H,6-7,9-10,12H2,1H3,(H,20,24)(H,21,25). The Morgan fingerprint density at radius 1 is 1.13 bits per heavy atom. The van der Waals surface area contributed by atoms with E-state index in [1.54, 1.807) is 29.3 Å². The summed E-state index contributed by atoms with van der Waals surface area (Å²) in [5.74, 6) is -0.238. The van der Waals surface area contributed by atoms with Crippen LogP contribution in [-0.4, -0.2) is 68.8 Å². The maximum atomic E-state index is 13.0. The predicted molar refractivity (Wildman–Crippen MR) is 119 cm³/mol. The summed E-state index contributed by atoms with van der Waals surface area (Å²) < 4.78 is 31.8. The fourth-order valence-corrected chi connectivity index (χ4v) is 6.72. The molecular formula is C19H21N3O6S3. The van der Waals surface area contributed by atoms with Crippen LogP contribution in [0.15, 0.2) is 40.6 Å². The average Bonchev–Trinajstić information content (AvgIpc) is 3.29. The van der Waals surface area contributed by atoms with E-state index in [1.807, 2.05) is 0 Å². The largest absolute Gasteiger partial charge is 0.468 e. The molecule has 0 spiro atoms. The van der Waals surface area contributed by atoms with Gasteiger partial charge in [-0.2, -0.15) is 16.1 Å². The van der Waals surface area contributed by atoms with Gasteiger partial charge < -0.3 is 15.4 Å². The van der Waals surface area contributed by atoms with E-state index >= 15 is 0 Å². The van der Waals surface area contributed by atoms with Gasteiger partial charge in [0.25, 0.3) is 11.8 Å². The topological polar surface area (TPSA) is 122 Å². The Kier molecular flexibility index (Phi) is 7.70. The molecule has 0 atom stereocenters. The fourth-order valence-electron chi connectivity index (χ4n) is 2.84. The predicted octanol–water partition coefficient (Wildman–Crippen LogP) is 1.64. The van der Waals surface area contributed by atoms with E-state index in [4.69, 9.17) is 0 Å². The summed E-state index contributed by atoms with van der Waals surface area (Å²) in [5, 5.41) is 6.62. The molecule has 166 valence electrons. The van der Waals surface area contributed by atoms with E-state index in [1.165, 1.54) is 29.6 Å². The minimum absolute atomic E-state index is 0.0196. The molecule has 1 saturated heterocycles. The average molecular weight is 484 g/mol. The highest BCUT2D eigenvalue weighted by Crippen LogP contribution is 2.28. The first-order chi connectivity index (χ1) is 14.8. The number of benzene rings is 1. The highest BCUT2D eigenvalue weighted by Gasteiger charge is 2.31. The summed E-state index contributed by atoms with van der Waals surface area (Å²) in [6, 6.07) is 7.55. The Hall–Kier alpha value is -2.41. The van der Waals surface area contributed by atoms with Crippen molar-refractivity contribution in [3.63, 3.8) is 0 Å². The molecule has 1 fully saturated rings. The molecule has 0 unspecified atom stereocenters. The number of nitrogens with one attached hydrogen (secondary N) is 2. The highest BCUT2D eigenvalue weighted by molar-refractivity contribution is 7.99. The number of methoxy groups -OCH3 is 1. The van der Waals surface area contributed by atoms with Crippen molar-refractivity contribution in [2.75, 3.05) is 43.6 Å². The minimum Gasteiger partial charge on any atom is -0.468 e. The van der Waals surface area contributed by atoms with Gasteiger partial charge in [-0.25, -0.2) is 8.42 Å². The lowest BCUT2D eigenvalue weighted by atomic mass is 10.2. The van der Waals surface area contributed by atoms with Crippen molar-refractivity contribution in [1.82, 2.24) is 9.62 Å². The first-order valence-electron chi connectivity index (χ1n) is 9.24. The zero-order valence-corrected chi connectivity index (χ0v) is 19.1. The molecule has 0 saturated carbocycles. The van der Waals surface area contributed by atoms with Crippen molar-refractivity contribution in [3.8, 4) is 0 Å². The third kappa shape index (κ3) is 5.64. The van der Waals surface area contributed by atoms with Crippen LogP contribution in [0.5, 0.6) is 0 Å². The molecule has 1 aliphatic rings. The van der Waals surface area contributed by atoms with E-state index in [2.05, 4.69) is 15.4 Å². The van der Waals surface area contributed by atoms with Gasteiger partial charge in [0.15, 0.2) is 0 Å². The normalized spacial score (nSPS) is 14.6. The van der Waals surface area contributed by atoms with Crippen molar-refractivity contribution in [2.45, 2.75) is 4.90 Å². The fraction of sp³-hybridized carbons (Fsp3) is 0.316. The van der Waals surface area contributed by atoms with Gasteiger partial charge in [0.2, 0.25) is 10.0 Å². The molecule has 0 bridgehead atoms. The van der Waals surface area contributed by atoms with Gasteiger partial charge in [-0.3, -0.25) is 14.4 Å². The number of carbonyl (C=O) groups is 3. The summed E-state index contributed by atoms with van der Waals surface area (Å²) in [4.78, 5) is 36.2. The lowest BCUT2D eigenvalue weighted by Crippen LogP contribution is -2.38. The van der Waals surface area contributed by atoms with Crippen LogP contribution in [0, 0.1) is 0 Å². The molecule has 2 N–H and O–H groups in total. The molecule has 31 heavy (non-hydrogen) atoms. The zero-order chi connectivity index (χ0) is 22.4. The third-order valence-electron chi connectivity index (χ3n) is 4.43. The number of amides is 2. The first-order valence-corrected chi connectivity index (χ1v) is 12.7. The van der Waals surface area contributed by atoms with Gasteiger partial charge in [-0.05, 0) is 29.6 Å². The minimum atomic E-state index is -3.76. The molecular weight excluding hydrogens is 462 g/mol. The molecule has 2 amide bonds. The van der Waals surface area contributed by atoms with Crippen LogP contribution in [0.1, 0.15) is 20.0 Å². The first kappa shape index (κ1) is 23.3. The maximum Gasteiger partial charge on any atom is 0.325 e. The van der Waals surface area contributed by atoms with Crippen molar-refractivity contribution in [3.05, 3.63) is 46.2 Å². The Labute approximate surface area is 188 Å². The summed E-state index contributed by atoms with van der Waals surface area (Å²) >= 11 is 2.73. The number of carbonyl (C=O) groups excluding carboxylic acids is 3. The van der Waals surface area contributed by atoms with Gasteiger partial charge in [0.05, 0.1) is 7.11 Å². The Balaban J connectivity index is 1.74. The van der Waals surface area contributed by atoms with Crippen LogP contribution in [0.3, 0.4) is 0 Å². The zero-order valence-electron chi connectivity index (χ0n) is 16.6. The molecule has 9 nitrogen and oxygen atoms in total. The number of thiophene rings is 1. The second kappa shape index (κ2) is 10.3. The molecule has 0 aliphatic carbocycles. The van der Waals surface area contributed by atoms with Crippen molar-refractivity contribution in [2.24, 2.45) is 0 Å². The van der Waals surface area contributed by atoms with Crippen molar-refractivity contribution < 1.29 is 27.5 Å². The van der Waals surface area contributed by atoms with Crippen LogP contribution in [0.25, 0.3) is 0 Å². The SMILES string of the molecule is COC(=O)CNC(=O)c1cccc(NC(=O)c2sccc2S(=O)(=O)N2CCSCC2)c1. The number of hydrogen-bond donors (Lipinski definition) is 2. The van der Waals surface area contributed by atoms with Gasteiger partial charge in [-0.1, -0.05) is 6.07 Å². The Morgan fingerprint density at radius 2 is 1.87 bits per heavy atom. The van der Waals surface area contributed by atoms with Crippen LogP contribution in [-0.2, 0) is 19.6 Å². The second-order valence-corrected chi connectivity index (χ2v) is 10.5. The molecule has 3 rings (SSSR count). The van der Waals surface area contributed by atoms with Gasteiger partial charge in [-0.15, -0.1) is 11.3 Å². The van der Waals surface area contributed by atoms with Gasteiger partial charge in [0, 0.05) is 35.8 Å². The Morgan fingerprint density at radius 3 is 2.58 bits per heavy atom. The van der Waals surface area contributed by atoms with E-state index in [0.717, 1.165) is 22.8 Å². The summed E-state index contributed by atoms with van der Waals surface area (Å²) in [6.07, 6.45) is 0. The molecule has 12 heteroatoms. The van der Waals surface area contributed by atoms with Crippen LogP contribution in [0.4, 0.5) is 5.69 Å². The number of hydrogen-bond acceptors (Lipinski definition) is 8. The van der Waals surface area contributed by atoms with E-state index in [-0.39, 0.29) is 21.9 Å². The van der Waals surface area contributed by atoms with Gasteiger partial charge in [0.1, 0.15) is 16.3 Å². The number of nitrogens with zero attached hydrogens (tertiary/aromatic N) is 1.